The SMILES string of the molecule is COCC[N+](CCOC)=c1ccc2c(C=CC=C3N(CCCCCC(=O)ON4C(=O)CCC4O)c4ccc(S(=O)(=O)O)cc4C3(C)C)c(C)c(-c3ccccc3)oc-2c1. The fourth-order valence-corrected chi connectivity index (χ4v) is 8.31. The number of aliphatic hydroxyl groups is 1. The number of methoxy groups -OCH3 is 2. The Labute approximate surface area is 345 Å². The fourth-order valence-electron chi connectivity index (χ4n) is 7.80. The summed E-state index contributed by atoms with van der Waals surface area (Å²) in [5, 5.41) is 11.7. The molecule has 1 amide bonds. The van der Waals surface area contributed by atoms with Gasteiger partial charge in [-0.3, -0.25) is 9.35 Å². The molecule has 4 aliphatic rings. The van der Waals surface area contributed by atoms with E-state index in [1.165, 1.54) is 12.1 Å². The molecule has 0 bridgehead atoms. The first-order chi connectivity index (χ1) is 28.2. The summed E-state index contributed by atoms with van der Waals surface area (Å²) in [6.07, 6.45) is 7.34. The highest BCUT2D eigenvalue weighted by Gasteiger charge is 2.40. The number of carbonyl (C=O) groups excluding carboxylic acids is 2. The van der Waals surface area contributed by atoms with Gasteiger partial charge in [-0.1, -0.05) is 62.8 Å². The minimum Gasteiger partial charge on any atom is -0.456 e. The van der Waals surface area contributed by atoms with E-state index in [4.69, 9.17) is 18.7 Å². The normalized spacial score (nSPS) is 17.1. The zero-order valence-electron chi connectivity index (χ0n) is 34.3. The Kier molecular flexibility index (Phi) is 13.9. The van der Waals surface area contributed by atoms with Crippen molar-refractivity contribution in [2.45, 2.75) is 75.8 Å². The molecule has 59 heavy (non-hydrogen) atoms. The number of hydrogen-bond acceptors (Lipinski definition) is 10. The first-order valence-electron chi connectivity index (χ1n) is 19.9. The molecule has 1 fully saturated rings. The first-order valence-corrected chi connectivity index (χ1v) is 21.4. The average molecular weight is 829 g/mol. The molecule has 0 aromatic heterocycles. The highest BCUT2D eigenvalue weighted by molar-refractivity contribution is 7.85. The number of aliphatic hydroxyl groups excluding tert-OH is 1. The second-order valence-electron chi connectivity index (χ2n) is 15.3. The number of allylic oxidation sites excluding steroid dienone is 3. The lowest BCUT2D eigenvalue weighted by Crippen LogP contribution is -2.35. The quantitative estimate of drug-likeness (QED) is 0.0697. The maximum Gasteiger partial charge on any atom is 0.332 e. The third-order valence-electron chi connectivity index (χ3n) is 11.0. The van der Waals surface area contributed by atoms with Gasteiger partial charge < -0.3 is 28.7 Å². The van der Waals surface area contributed by atoms with E-state index < -0.39 is 33.6 Å². The minimum absolute atomic E-state index is 0.0865. The third-order valence-corrected chi connectivity index (χ3v) is 11.9. The topological polar surface area (TPSA) is 159 Å². The van der Waals surface area contributed by atoms with Crippen molar-refractivity contribution >= 4 is 33.8 Å². The van der Waals surface area contributed by atoms with Crippen LogP contribution in [0.15, 0.2) is 93.9 Å². The van der Waals surface area contributed by atoms with E-state index in [0.717, 1.165) is 61.1 Å². The predicted octanol–water partition coefficient (Wildman–Crippen LogP) is 6.33. The van der Waals surface area contributed by atoms with Gasteiger partial charge in [-0.15, -0.1) is 5.06 Å². The van der Waals surface area contributed by atoms with E-state index in [1.807, 2.05) is 56.3 Å². The van der Waals surface area contributed by atoms with Gasteiger partial charge in [-0.25, -0.2) is 9.37 Å². The number of nitrogens with zero attached hydrogens (tertiary/aromatic N) is 3. The van der Waals surface area contributed by atoms with Gasteiger partial charge in [0.05, 0.1) is 11.0 Å². The van der Waals surface area contributed by atoms with E-state index in [-0.39, 0.29) is 24.2 Å². The monoisotopic (exact) mass is 828 g/mol. The number of hydrogen-bond donors (Lipinski definition) is 2. The summed E-state index contributed by atoms with van der Waals surface area (Å²) in [5.41, 5.74) is 5.70. The minimum atomic E-state index is -4.44. The largest absolute Gasteiger partial charge is 0.456 e. The van der Waals surface area contributed by atoms with Crippen LogP contribution in [0.5, 0.6) is 0 Å². The third kappa shape index (κ3) is 9.85. The summed E-state index contributed by atoms with van der Waals surface area (Å²) < 4.78 is 54.0. The van der Waals surface area contributed by atoms with Crippen LogP contribution in [0.25, 0.3) is 28.7 Å². The van der Waals surface area contributed by atoms with E-state index in [2.05, 4.69) is 40.7 Å². The summed E-state index contributed by atoms with van der Waals surface area (Å²) in [4.78, 5) is 31.5. The number of hydroxylamine groups is 2. The van der Waals surface area contributed by atoms with Gasteiger partial charge >= 0.3 is 5.97 Å². The fraction of sp³-hybridized carbons (Fsp3) is 0.400. The molecule has 0 saturated carbocycles. The molecule has 1 saturated heterocycles. The molecular weight excluding hydrogens is 775 g/mol. The molecule has 2 aromatic rings. The molecule has 0 radical (unpaired) electrons. The van der Waals surface area contributed by atoms with Crippen molar-refractivity contribution in [1.29, 1.82) is 0 Å². The molecule has 314 valence electrons. The Morgan fingerprint density at radius 2 is 1.73 bits per heavy atom. The van der Waals surface area contributed by atoms with Gasteiger partial charge in [0.2, 0.25) is 5.36 Å². The molecule has 2 aromatic carbocycles. The van der Waals surface area contributed by atoms with Gasteiger partial charge in [0.1, 0.15) is 24.7 Å². The lowest BCUT2D eigenvalue weighted by molar-refractivity contribution is -0.220. The van der Waals surface area contributed by atoms with Crippen molar-refractivity contribution in [2.75, 3.05) is 52.0 Å². The van der Waals surface area contributed by atoms with Crippen LogP contribution in [-0.2, 0) is 39.4 Å². The average Bonchev–Trinajstić information content (AvgIpc) is 3.64. The molecule has 1 unspecified atom stereocenters. The molecule has 1 aliphatic carbocycles. The van der Waals surface area contributed by atoms with Crippen LogP contribution in [0.3, 0.4) is 0 Å². The van der Waals surface area contributed by atoms with Crippen LogP contribution in [0, 0.1) is 6.92 Å². The number of unbranched alkanes of at least 4 members (excludes halogenated alkanes) is 2. The zero-order chi connectivity index (χ0) is 42.3. The zero-order valence-corrected chi connectivity index (χ0v) is 35.2. The summed E-state index contributed by atoms with van der Waals surface area (Å²) in [5.74, 6) is 0.483. The van der Waals surface area contributed by atoms with Crippen molar-refractivity contribution in [3.05, 3.63) is 107 Å². The highest BCUT2D eigenvalue weighted by atomic mass is 32.2. The van der Waals surface area contributed by atoms with Crippen molar-refractivity contribution in [2.24, 2.45) is 0 Å². The summed E-state index contributed by atoms with van der Waals surface area (Å²) in [6.45, 7) is 9.15. The molecule has 13 nitrogen and oxygen atoms in total. The molecule has 0 spiro atoms. The molecule has 3 heterocycles. The highest BCUT2D eigenvalue weighted by Crippen LogP contribution is 2.49. The predicted molar refractivity (Wildman–Crippen MR) is 225 cm³/mol. The molecule has 14 heteroatoms. The van der Waals surface area contributed by atoms with Gasteiger partial charge in [0.15, 0.2) is 19.3 Å². The van der Waals surface area contributed by atoms with Crippen LogP contribution in [0.2, 0.25) is 0 Å². The second kappa shape index (κ2) is 18.9. The van der Waals surface area contributed by atoms with Crippen molar-refractivity contribution < 1.29 is 46.4 Å². The van der Waals surface area contributed by atoms with Gasteiger partial charge in [-0.05, 0) is 61.2 Å². The summed E-state index contributed by atoms with van der Waals surface area (Å²) in [6, 6.07) is 20.9. The number of carbonyl (C=O) groups is 2. The molecule has 3 aliphatic heterocycles. The van der Waals surface area contributed by atoms with Crippen LogP contribution in [0.4, 0.5) is 5.69 Å². The molecular formula is C45H54N3O10S+. The summed E-state index contributed by atoms with van der Waals surface area (Å²) in [7, 11) is -1.07. The van der Waals surface area contributed by atoms with Crippen LogP contribution in [0.1, 0.15) is 69.1 Å². The standard InChI is InChI=1S/C45H53N3O10S/c1-31-35(36-20-18-33(46(25-27-55-4)26-28-56-5)29-39(36)57-44(31)32-13-8-6-9-14-32)15-12-16-40-45(2,3)37-30-34(59(52,53)54)19-21-38(37)47(40)24-11-7-10-17-43(51)58-48-41(49)22-23-42(48)50/h6,8-9,12-16,18-21,29-30,41,49H,7,10-11,17,22-28H2,1-5H3/p+1. The number of anilines is 1. The molecule has 2 N–H and O–H groups in total. The van der Waals surface area contributed by atoms with Crippen molar-refractivity contribution in [3.63, 3.8) is 0 Å². The van der Waals surface area contributed by atoms with E-state index >= 15 is 0 Å². The van der Waals surface area contributed by atoms with Crippen LogP contribution < -0.4 is 14.8 Å². The smallest absolute Gasteiger partial charge is 0.332 e. The Bertz CT molecular complexity index is 2360. The first kappa shape index (κ1) is 43.5. The molecule has 6 rings (SSSR count). The summed E-state index contributed by atoms with van der Waals surface area (Å²) >= 11 is 0. The lowest BCUT2D eigenvalue weighted by Gasteiger charge is -2.27. The molecule has 1 atom stereocenters. The van der Waals surface area contributed by atoms with Gasteiger partial charge in [-0.2, -0.15) is 8.42 Å². The number of benzene rings is 3. The Hall–Kier alpha value is -5.12. The van der Waals surface area contributed by atoms with Crippen LogP contribution >= 0.6 is 0 Å². The number of amides is 1. The second-order valence-corrected chi connectivity index (χ2v) is 16.8. The Morgan fingerprint density at radius 1 is 1.00 bits per heavy atom. The van der Waals surface area contributed by atoms with Gasteiger partial charge in [0, 0.05) is 79.6 Å². The number of rotatable bonds is 17. The number of ether oxygens (including phenoxy) is 2. The van der Waals surface area contributed by atoms with Crippen LogP contribution in [-0.4, -0.2) is 88.3 Å². The number of fused-ring (bicyclic) bond motifs is 2. The van der Waals surface area contributed by atoms with Crippen molar-refractivity contribution in [3.8, 4) is 22.6 Å². The van der Waals surface area contributed by atoms with E-state index in [0.29, 0.717) is 52.1 Å². The Balaban J connectivity index is 1.33. The van der Waals surface area contributed by atoms with E-state index in [9.17, 15) is 27.7 Å². The Morgan fingerprint density at radius 3 is 2.39 bits per heavy atom. The maximum atomic E-state index is 12.4. The maximum absolute atomic E-state index is 12.4. The van der Waals surface area contributed by atoms with E-state index in [1.54, 1.807) is 20.3 Å². The van der Waals surface area contributed by atoms with Crippen molar-refractivity contribution in [1.82, 2.24) is 9.64 Å². The lowest BCUT2D eigenvalue weighted by atomic mass is 9.83. The van der Waals surface area contributed by atoms with Gasteiger partial charge in [0.25, 0.3) is 16.0 Å².